The maximum absolute atomic E-state index is 12.8. The first-order chi connectivity index (χ1) is 14.7. The maximum atomic E-state index is 12.8. The van der Waals surface area contributed by atoms with Crippen molar-refractivity contribution in [3.05, 3.63) is 40.0 Å². The van der Waals surface area contributed by atoms with Crippen molar-refractivity contribution in [2.24, 2.45) is 7.05 Å². The summed E-state index contributed by atoms with van der Waals surface area (Å²) in [5.74, 6) is 0.419. The van der Waals surface area contributed by atoms with E-state index in [2.05, 4.69) is 20.4 Å². The Hall–Kier alpha value is -2.46. The van der Waals surface area contributed by atoms with Gasteiger partial charge in [0.2, 0.25) is 5.95 Å². The third kappa shape index (κ3) is 4.18. The lowest BCUT2D eigenvalue weighted by molar-refractivity contribution is 0.450. The molecule has 0 saturated heterocycles. The zero-order valence-electron chi connectivity index (χ0n) is 17.6. The second-order valence-corrected chi connectivity index (χ2v) is 10.9. The predicted molar refractivity (Wildman–Crippen MR) is 119 cm³/mol. The van der Waals surface area contributed by atoms with Gasteiger partial charge >= 0.3 is 0 Å². The molecule has 0 unspecified atom stereocenters. The molecule has 3 heterocycles. The van der Waals surface area contributed by atoms with Crippen LogP contribution in [0.1, 0.15) is 45.6 Å². The van der Waals surface area contributed by atoms with E-state index in [1.807, 2.05) is 13.8 Å². The Kier molecular flexibility index (Phi) is 5.78. The Morgan fingerprint density at radius 2 is 1.90 bits per heavy atom. The number of fused-ring (bicyclic) bond motifs is 1. The molecule has 0 aromatic carbocycles. The molecule has 3 aromatic heterocycles. The van der Waals surface area contributed by atoms with E-state index in [0.717, 1.165) is 0 Å². The van der Waals surface area contributed by atoms with Gasteiger partial charge in [0.1, 0.15) is 15.6 Å². The molecule has 0 spiro atoms. The first-order valence-corrected chi connectivity index (χ1v) is 12.2. The SMILES string of the molecule is CC(C)n1c(=O)c(Cl)cc2cnc(N[C@H]3CC[C@@H](S(=O)(=O)c4cnn(C)c4)CC3)nc21. The highest BCUT2D eigenvalue weighted by atomic mass is 35.5. The molecule has 1 aliphatic carbocycles. The molecule has 0 radical (unpaired) electrons. The molecule has 1 N–H and O–H groups in total. The van der Waals surface area contributed by atoms with Crippen LogP contribution in [0.5, 0.6) is 0 Å². The zero-order valence-corrected chi connectivity index (χ0v) is 19.2. The van der Waals surface area contributed by atoms with Crippen LogP contribution in [0.4, 0.5) is 5.95 Å². The van der Waals surface area contributed by atoms with Gasteiger partial charge in [0.15, 0.2) is 9.84 Å². The van der Waals surface area contributed by atoms with Crippen LogP contribution in [0.2, 0.25) is 5.02 Å². The zero-order chi connectivity index (χ0) is 22.3. The average Bonchev–Trinajstić information content (AvgIpc) is 3.16. The summed E-state index contributed by atoms with van der Waals surface area (Å²) in [6.07, 6.45) is 7.06. The molecular formula is C20H25ClN6O3S. The summed E-state index contributed by atoms with van der Waals surface area (Å²) in [6.45, 7) is 3.80. The number of nitrogens with one attached hydrogen (secondary N) is 1. The van der Waals surface area contributed by atoms with Crippen molar-refractivity contribution in [1.29, 1.82) is 0 Å². The van der Waals surface area contributed by atoms with Crippen molar-refractivity contribution in [2.75, 3.05) is 5.32 Å². The molecule has 0 amide bonds. The van der Waals surface area contributed by atoms with Crippen molar-refractivity contribution in [3.8, 4) is 0 Å². The number of halogens is 1. The highest BCUT2D eigenvalue weighted by Gasteiger charge is 2.33. The normalized spacial score (nSPS) is 19.8. The first kappa shape index (κ1) is 21.8. The van der Waals surface area contributed by atoms with Crippen LogP contribution >= 0.6 is 11.6 Å². The molecule has 1 fully saturated rings. The number of pyridine rings is 1. The Bertz CT molecular complexity index is 1280. The molecule has 1 aliphatic rings. The molecular weight excluding hydrogens is 440 g/mol. The summed E-state index contributed by atoms with van der Waals surface area (Å²) >= 11 is 6.07. The summed E-state index contributed by atoms with van der Waals surface area (Å²) in [5, 5.41) is 7.70. The summed E-state index contributed by atoms with van der Waals surface area (Å²) in [6, 6.07) is 1.53. The molecule has 4 rings (SSSR count). The summed E-state index contributed by atoms with van der Waals surface area (Å²) in [7, 11) is -1.68. The van der Waals surface area contributed by atoms with Crippen molar-refractivity contribution in [3.63, 3.8) is 0 Å². The average molecular weight is 465 g/mol. The Labute approximate surface area is 185 Å². The van der Waals surface area contributed by atoms with Crippen LogP contribution in [0.25, 0.3) is 11.0 Å². The third-order valence-electron chi connectivity index (χ3n) is 5.70. The molecule has 3 aromatic rings. The number of hydrogen-bond donors (Lipinski definition) is 1. The minimum atomic E-state index is -3.38. The van der Waals surface area contributed by atoms with E-state index in [1.165, 1.54) is 10.9 Å². The van der Waals surface area contributed by atoms with Gasteiger partial charge < -0.3 is 5.32 Å². The molecule has 0 atom stereocenters. The van der Waals surface area contributed by atoms with Crippen LogP contribution in [0.15, 0.2) is 34.3 Å². The second-order valence-electron chi connectivity index (χ2n) is 8.25. The largest absolute Gasteiger partial charge is 0.351 e. The van der Waals surface area contributed by atoms with Crippen molar-refractivity contribution in [2.45, 2.75) is 61.8 Å². The highest BCUT2D eigenvalue weighted by Crippen LogP contribution is 2.30. The molecule has 1 saturated carbocycles. The molecule has 166 valence electrons. The van der Waals surface area contributed by atoms with Crippen LogP contribution in [-0.4, -0.2) is 44.0 Å². The van der Waals surface area contributed by atoms with Crippen molar-refractivity contribution >= 4 is 38.4 Å². The van der Waals surface area contributed by atoms with Gasteiger partial charge in [0.05, 0.1) is 11.4 Å². The number of anilines is 1. The minimum absolute atomic E-state index is 0.0596. The van der Waals surface area contributed by atoms with Crippen molar-refractivity contribution in [1.82, 2.24) is 24.3 Å². The van der Waals surface area contributed by atoms with Crippen LogP contribution < -0.4 is 10.9 Å². The smallest absolute Gasteiger partial charge is 0.271 e. The van der Waals surface area contributed by atoms with Gasteiger partial charge in [-0.1, -0.05) is 11.6 Å². The number of sulfone groups is 1. The lowest BCUT2D eigenvalue weighted by Crippen LogP contribution is -2.33. The van der Waals surface area contributed by atoms with Crippen molar-refractivity contribution < 1.29 is 8.42 Å². The van der Waals surface area contributed by atoms with E-state index in [0.29, 0.717) is 42.7 Å². The Morgan fingerprint density at radius 3 is 2.52 bits per heavy atom. The first-order valence-electron chi connectivity index (χ1n) is 10.2. The van der Waals surface area contributed by atoms with E-state index < -0.39 is 15.1 Å². The third-order valence-corrected chi connectivity index (χ3v) is 8.19. The van der Waals surface area contributed by atoms with E-state index in [1.54, 1.807) is 30.1 Å². The molecule has 31 heavy (non-hydrogen) atoms. The maximum Gasteiger partial charge on any atom is 0.271 e. The number of aromatic nitrogens is 5. The van der Waals surface area contributed by atoms with Gasteiger partial charge in [-0.2, -0.15) is 10.1 Å². The van der Waals surface area contributed by atoms with Crippen LogP contribution in [0, 0.1) is 0 Å². The fraction of sp³-hybridized carbons (Fsp3) is 0.500. The molecule has 0 bridgehead atoms. The molecule has 0 aliphatic heterocycles. The monoisotopic (exact) mass is 464 g/mol. The number of hydrogen-bond acceptors (Lipinski definition) is 7. The topological polar surface area (TPSA) is 112 Å². The molecule has 11 heteroatoms. The Balaban J connectivity index is 1.50. The minimum Gasteiger partial charge on any atom is -0.351 e. The van der Waals surface area contributed by atoms with Gasteiger partial charge in [0, 0.05) is 36.9 Å². The standard InChI is InChI=1S/C20H25ClN6O3S/c1-12(2)27-18-13(8-17(21)19(27)28)9-22-20(25-18)24-14-4-6-15(7-5-14)31(29,30)16-10-23-26(3)11-16/h8-12,14-15H,4-7H2,1-3H3,(H,22,24,25)/t14-,15+. The Morgan fingerprint density at radius 1 is 1.19 bits per heavy atom. The van der Waals surface area contributed by atoms with Gasteiger partial charge in [-0.15, -0.1) is 0 Å². The second kappa shape index (κ2) is 8.23. The number of nitrogens with zero attached hydrogens (tertiary/aromatic N) is 5. The summed E-state index contributed by atoms with van der Waals surface area (Å²) < 4.78 is 28.7. The summed E-state index contributed by atoms with van der Waals surface area (Å²) in [4.78, 5) is 21.7. The predicted octanol–water partition coefficient (Wildman–Crippen LogP) is 2.96. The van der Waals surface area contributed by atoms with E-state index >= 15 is 0 Å². The quantitative estimate of drug-likeness (QED) is 0.617. The lowest BCUT2D eigenvalue weighted by Gasteiger charge is -2.28. The number of aryl methyl sites for hydroxylation is 1. The van der Waals surface area contributed by atoms with E-state index in [4.69, 9.17) is 11.6 Å². The molecule has 9 nitrogen and oxygen atoms in total. The number of rotatable bonds is 5. The van der Waals surface area contributed by atoms with E-state index in [-0.39, 0.29) is 27.6 Å². The van der Waals surface area contributed by atoms with Crippen LogP contribution in [-0.2, 0) is 16.9 Å². The van der Waals surface area contributed by atoms with Gasteiger partial charge in [-0.25, -0.2) is 13.4 Å². The highest BCUT2D eigenvalue weighted by molar-refractivity contribution is 7.92. The fourth-order valence-corrected chi connectivity index (χ4v) is 6.05. The van der Waals surface area contributed by atoms with E-state index in [9.17, 15) is 13.2 Å². The van der Waals surface area contributed by atoms with Crippen LogP contribution in [0.3, 0.4) is 0 Å². The van der Waals surface area contributed by atoms with Gasteiger partial charge in [-0.3, -0.25) is 14.0 Å². The summed E-state index contributed by atoms with van der Waals surface area (Å²) in [5.41, 5.74) is 0.240. The van der Waals surface area contributed by atoms with Gasteiger partial charge in [-0.05, 0) is 45.6 Å². The fourth-order valence-electron chi connectivity index (χ4n) is 4.07. The lowest BCUT2D eigenvalue weighted by atomic mass is 9.95. The van der Waals surface area contributed by atoms with Gasteiger partial charge in [0.25, 0.3) is 5.56 Å².